The molecule has 4 amide bonds. The molecule has 2 aromatic carbocycles. The average Bonchev–Trinajstić information content (AvgIpc) is 3.37. The number of carbonyl (C=O) groups excluding carboxylic acids is 4. The third kappa shape index (κ3) is 5.30. The van der Waals surface area contributed by atoms with E-state index in [1.807, 2.05) is 0 Å². The normalized spacial score (nSPS) is 20.7. The summed E-state index contributed by atoms with van der Waals surface area (Å²) < 4.78 is 4.96. The second-order valence-electron chi connectivity index (χ2n) is 9.57. The van der Waals surface area contributed by atoms with Crippen LogP contribution in [0.5, 0.6) is 0 Å². The Morgan fingerprint density at radius 3 is 2.36 bits per heavy atom. The predicted molar refractivity (Wildman–Crippen MR) is 144 cm³/mol. The van der Waals surface area contributed by atoms with Gasteiger partial charge in [0.05, 0.1) is 43.6 Å². The number of imide groups is 1. The van der Waals surface area contributed by atoms with E-state index in [1.165, 1.54) is 39.9 Å². The maximum Gasteiger partial charge on any atom is 0.332 e. The van der Waals surface area contributed by atoms with Crippen LogP contribution in [0.25, 0.3) is 0 Å². The topological polar surface area (TPSA) is 114 Å². The number of hydrogen-bond donors (Lipinski definition) is 0. The molecule has 0 aliphatic carbocycles. The maximum absolute atomic E-state index is 14.2. The Morgan fingerprint density at radius 1 is 1.13 bits per heavy atom. The molecule has 0 saturated carbocycles. The van der Waals surface area contributed by atoms with E-state index in [0.717, 1.165) is 4.90 Å². The van der Waals surface area contributed by atoms with Gasteiger partial charge in [-0.1, -0.05) is 35.3 Å². The minimum absolute atomic E-state index is 0.0599. The van der Waals surface area contributed by atoms with Gasteiger partial charge in [0.15, 0.2) is 0 Å². The number of carbonyl (C=O) groups is 4. The SMILES string of the molecule is CCOC(=O)CN(C)CC(=O)N1CC(c2ccc(C#N)cc2)C2(C1)C(=O)N(c1cc(Cl)cc(Cl)c1)C(=O)N2C. The number of likely N-dealkylation sites (tertiary alicyclic amines) is 1. The molecule has 2 heterocycles. The highest BCUT2D eigenvalue weighted by atomic mass is 35.5. The maximum atomic E-state index is 14.2. The number of likely N-dealkylation sites (N-methyl/N-ethyl adjacent to an activating group) is 2. The molecule has 2 aromatic rings. The minimum atomic E-state index is -1.42. The average molecular weight is 572 g/mol. The van der Waals surface area contributed by atoms with Gasteiger partial charge in [-0.25, -0.2) is 9.69 Å². The van der Waals surface area contributed by atoms with E-state index in [4.69, 9.17) is 27.9 Å². The predicted octanol–water partition coefficient (Wildman–Crippen LogP) is 3.12. The number of benzene rings is 2. The zero-order valence-corrected chi connectivity index (χ0v) is 23.2. The van der Waals surface area contributed by atoms with E-state index in [9.17, 15) is 24.4 Å². The van der Waals surface area contributed by atoms with Gasteiger partial charge in [0.2, 0.25) is 5.91 Å². The van der Waals surface area contributed by atoms with Crippen molar-refractivity contribution in [2.24, 2.45) is 0 Å². The van der Waals surface area contributed by atoms with E-state index < -0.39 is 29.4 Å². The van der Waals surface area contributed by atoms with Crippen LogP contribution in [0.3, 0.4) is 0 Å². The Hall–Kier alpha value is -3.65. The van der Waals surface area contributed by atoms with Crippen molar-refractivity contribution < 1.29 is 23.9 Å². The molecule has 4 rings (SSSR count). The van der Waals surface area contributed by atoms with Gasteiger partial charge >= 0.3 is 12.0 Å². The fourth-order valence-electron chi connectivity index (χ4n) is 5.21. The third-order valence-electron chi connectivity index (χ3n) is 7.07. The van der Waals surface area contributed by atoms with Crippen LogP contribution >= 0.6 is 23.2 Å². The largest absolute Gasteiger partial charge is 0.465 e. The molecular weight excluding hydrogens is 545 g/mol. The highest BCUT2D eigenvalue weighted by molar-refractivity contribution is 6.35. The number of urea groups is 1. The smallest absolute Gasteiger partial charge is 0.332 e. The van der Waals surface area contributed by atoms with Gasteiger partial charge in [0.25, 0.3) is 5.91 Å². The van der Waals surface area contributed by atoms with Gasteiger partial charge in [0, 0.05) is 29.6 Å². The monoisotopic (exact) mass is 571 g/mol. The van der Waals surface area contributed by atoms with Crippen LogP contribution in [0.1, 0.15) is 24.0 Å². The molecule has 0 radical (unpaired) electrons. The van der Waals surface area contributed by atoms with Gasteiger partial charge in [-0.3, -0.25) is 19.3 Å². The molecule has 2 saturated heterocycles. The Morgan fingerprint density at radius 2 is 1.77 bits per heavy atom. The summed E-state index contributed by atoms with van der Waals surface area (Å²) in [5, 5.41) is 9.77. The lowest BCUT2D eigenvalue weighted by atomic mass is 9.80. The van der Waals surface area contributed by atoms with Crippen molar-refractivity contribution in [1.82, 2.24) is 14.7 Å². The molecule has 0 N–H and O–H groups in total. The molecular formula is C27H27Cl2N5O5. The van der Waals surface area contributed by atoms with Crippen LogP contribution in [-0.4, -0.2) is 90.9 Å². The van der Waals surface area contributed by atoms with Crippen molar-refractivity contribution in [3.8, 4) is 6.07 Å². The van der Waals surface area contributed by atoms with Crippen LogP contribution < -0.4 is 4.90 Å². The highest BCUT2D eigenvalue weighted by Crippen LogP contribution is 2.46. The molecule has 204 valence electrons. The number of nitrogens with zero attached hydrogens (tertiary/aromatic N) is 5. The first-order valence-corrected chi connectivity index (χ1v) is 13.0. The summed E-state index contributed by atoms with van der Waals surface area (Å²) in [7, 11) is 3.16. The molecule has 2 unspecified atom stereocenters. The minimum Gasteiger partial charge on any atom is -0.465 e. The zero-order valence-electron chi connectivity index (χ0n) is 21.7. The fraction of sp³-hybridized carbons (Fsp3) is 0.370. The van der Waals surface area contributed by atoms with E-state index in [0.29, 0.717) is 11.1 Å². The van der Waals surface area contributed by atoms with Crippen molar-refractivity contribution in [2.45, 2.75) is 18.4 Å². The van der Waals surface area contributed by atoms with Crippen LogP contribution in [-0.2, 0) is 19.1 Å². The molecule has 1 spiro atoms. The van der Waals surface area contributed by atoms with Gasteiger partial charge in [0.1, 0.15) is 5.54 Å². The Labute approximate surface area is 236 Å². The van der Waals surface area contributed by atoms with Crippen molar-refractivity contribution >= 4 is 52.7 Å². The zero-order chi connectivity index (χ0) is 28.5. The quantitative estimate of drug-likeness (QED) is 0.370. The first-order chi connectivity index (χ1) is 18.5. The summed E-state index contributed by atoms with van der Waals surface area (Å²) in [6.45, 7) is 1.86. The Balaban J connectivity index is 1.71. The van der Waals surface area contributed by atoms with Crippen LogP contribution in [0.2, 0.25) is 10.0 Å². The summed E-state index contributed by atoms with van der Waals surface area (Å²) >= 11 is 12.3. The first kappa shape index (κ1) is 28.4. The third-order valence-corrected chi connectivity index (χ3v) is 7.51. The van der Waals surface area contributed by atoms with Gasteiger partial charge in [-0.15, -0.1) is 0 Å². The molecule has 2 aliphatic heterocycles. The standard InChI is InChI=1S/C27H27Cl2N5O5/c1-4-39-24(36)15-31(2)14-23(35)33-13-22(18-7-5-17(12-30)6-8-18)27(16-33)25(37)34(26(38)32(27)3)21-10-19(28)9-20(29)11-21/h5-11,22H,4,13-16H2,1-3H3. The number of anilines is 1. The van der Waals surface area contributed by atoms with Gasteiger partial charge in [-0.2, -0.15) is 5.26 Å². The van der Waals surface area contributed by atoms with Crippen molar-refractivity contribution in [1.29, 1.82) is 5.26 Å². The lowest BCUT2D eigenvalue weighted by Gasteiger charge is -2.33. The lowest BCUT2D eigenvalue weighted by molar-refractivity contribution is -0.144. The summed E-state index contributed by atoms with van der Waals surface area (Å²) in [5.74, 6) is -1.87. The number of esters is 1. The number of hydrogen-bond acceptors (Lipinski definition) is 7. The van der Waals surface area contributed by atoms with Crippen molar-refractivity contribution in [3.05, 3.63) is 63.6 Å². The second-order valence-corrected chi connectivity index (χ2v) is 10.4. The molecule has 2 atom stereocenters. The van der Waals surface area contributed by atoms with E-state index in [2.05, 4.69) is 6.07 Å². The molecule has 12 heteroatoms. The van der Waals surface area contributed by atoms with Crippen LogP contribution in [0.4, 0.5) is 10.5 Å². The summed E-state index contributed by atoms with van der Waals surface area (Å²) in [6.07, 6.45) is 0. The van der Waals surface area contributed by atoms with Crippen molar-refractivity contribution in [2.75, 3.05) is 51.8 Å². The van der Waals surface area contributed by atoms with Crippen LogP contribution in [0.15, 0.2) is 42.5 Å². The molecule has 39 heavy (non-hydrogen) atoms. The molecule has 2 fully saturated rings. The number of halogens is 2. The highest BCUT2D eigenvalue weighted by Gasteiger charge is 2.65. The number of amides is 4. The first-order valence-electron chi connectivity index (χ1n) is 12.2. The summed E-state index contributed by atoms with van der Waals surface area (Å²) in [5.41, 5.74) is -0.0568. The Kier molecular flexibility index (Phi) is 8.16. The molecule has 2 aliphatic rings. The van der Waals surface area contributed by atoms with Crippen LogP contribution in [0, 0.1) is 11.3 Å². The molecule has 10 nitrogen and oxygen atoms in total. The lowest BCUT2D eigenvalue weighted by Crippen LogP contribution is -2.54. The number of rotatable bonds is 7. The fourth-order valence-corrected chi connectivity index (χ4v) is 5.72. The summed E-state index contributed by atoms with van der Waals surface area (Å²) in [4.78, 5) is 58.5. The van der Waals surface area contributed by atoms with Gasteiger partial charge in [-0.05, 0) is 49.9 Å². The summed E-state index contributed by atoms with van der Waals surface area (Å²) in [6, 6.07) is 12.7. The Bertz CT molecular complexity index is 1340. The van der Waals surface area contributed by atoms with E-state index in [1.54, 1.807) is 38.2 Å². The number of nitriles is 1. The molecule has 0 bridgehead atoms. The van der Waals surface area contributed by atoms with E-state index >= 15 is 0 Å². The molecule has 0 aromatic heterocycles. The van der Waals surface area contributed by atoms with E-state index in [-0.39, 0.29) is 54.4 Å². The second kappa shape index (κ2) is 11.2. The van der Waals surface area contributed by atoms with Gasteiger partial charge < -0.3 is 14.5 Å². The number of ether oxygens (including phenoxy) is 1. The van der Waals surface area contributed by atoms with Crippen molar-refractivity contribution in [3.63, 3.8) is 0 Å².